The van der Waals surface area contributed by atoms with Crippen molar-refractivity contribution in [3.8, 4) is 17.1 Å². The van der Waals surface area contributed by atoms with Crippen LogP contribution in [-0.2, 0) is 17.8 Å². The Balaban J connectivity index is 1.57. The van der Waals surface area contributed by atoms with E-state index in [-0.39, 0.29) is 18.2 Å². The van der Waals surface area contributed by atoms with E-state index in [9.17, 15) is 4.79 Å². The summed E-state index contributed by atoms with van der Waals surface area (Å²) >= 11 is 5.92. The molecule has 0 saturated heterocycles. The Hall–Kier alpha value is -2.86. The van der Waals surface area contributed by atoms with E-state index in [1.54, 1.807) is 19.2 Å². The molecule has 1 heterocycles. The lowest BCUT2D eigenvalue weighted by molar-refractivity contribution is -0.120. The highest BCUT2D eigenvalue weighted by Crippen LogP contribution is 2.19. The van der Waals surface area contributed by atoms with E-state index in [2.05, 4.69) is 15.5 Å². The van der Waals surface area contributed by atoms with Crippen LogP contribution in [0.25, 0.3) is 11.4 Å². The number of nitrogens with zero attached hydrogens (tertiary/aromatic N) is 2. The van der Waals surface area contributed by atoms with Crippen LogP contribution < -0.4 is 10.1 Å². The van der Waals surface area contributed by atoms with Gasteiger partial charge in [0, 0.05) is 17.1 Å². The lowest BCUT2D eigenvalue weighted by Crippen LogP contribution is -2.24. The van der Waals surface area contributed by atoms with E-state index in [0.717, 1.165) is 16.9 Å². The second kappa shape index (κ2) is 7.81. The van der Waals surface area contributed by atoms with Crippen molar-refractivity contribution in [1.29, 1.82) is 0 Å². The molecule has 0 unspecified atom stereocenters. The molecular formula is C18H16ClN3O3. The molecule has 7 heteroatoms. The molecule has 0 fully saturated rings. The van der Waals surface area contributed by atoms with E-state index in [4.69, 9.17) is 20.9 Å². The summed E-state index contributed by atoms with van der Waals surface area (Å²) in [5.74, 6) is 1.23. The number of carbonyl (C=O) groups excluding carboxylic acids is 1. The summed E-state index contributed by atoms with van der Waals surface area (Å²) in [6, 6.07) is 14.6. The second-order valence-corrected chi connectivity index (χ2v) is 5.76. The van der Waals surface area contributed by atoms with Crippen LogP contribution >= 0.6 is 11.6 Å². The molecule has 0 spiro atoms. The zero-order valence-corrected chi connectivity index (χ0v) is 14.3. The van der Waals surface area contributed by atoms with E-state index in [1.807, 2.05) is 36.4 Å². The Bertz CT molecular complexity index is 862. The summed E-state index contributed by atoms with van der Waals surface area (Å²) in [4.78, 5) is 16.3. The maximum absolute atomic E-state index is 12.0. The van der Waals surface area contributed by atoms with Crippen LogP contribution in [0.3, 0.4) is 0 Å². The van der Waals surface area contributed by atoms with E-state index < -0.39 is 0 Å². The molecule has 6 nitrogen and oxygen atoms in total. The number of hydrogen-bond acceptors (Lipinski definition) is 5. The molecule has 0 aliphatic carbocycles. The van der Waals surface area contributed by atoms with Crippen molar-refractivity contribution in [3.05, 3.63) is 65.0 Å². The monoisotopic (exact) mass is 357 g/mol. The number of ether oxygens (including phenoxy) is 1. The standard InChI is InChI=1S/C18H16ClN3O3/c1-24-15-7-5-13(6-8-15)18-21-17(25-22-18)10-16(23)20-11-12-3-2-4-14(19)9-12/h2-9H,10-11H2,1H3,(H,20,23). The van der Waals surface area contributed by atoms with Crippen molar-refractivity contribution in [1.82, 2.24) is 15.5 Å². The highest BCUT2D eigenvalue weighted by molar-refractivity contribution is 6.30. The molecule has 0 aliphatic heterocycles. The van der Waals surface area contributed by atoms with Crippen molar-refractivity contribution >= 4 is 17.5 Å². The molecule has 3 aromatic rings. The van der Waals surface area contributed by atoms with Gasteiger partial charge in [-0.15, -0.1) is 0 Å². The Labute approximate surface area is 149 Å². The van der Waals surface area contributed by atoms with Gasteiger partial charge in [0.25, 0.3) is 0 Å². The van der Waals surface area contributed by atoms with E-state index in [1.165, 1.54) is 0 Å². The number of hydrogen-bond donors (Lipinski definition) is 1. The number of amides is 1. The van der Waals surface area contributed by atoms with E-state index in [0.29, 0.717) is 17.4 Å². The van der Waals surface area contributed by atoms with Gasteiger partial charge < -0.3 is 14.6 Å². The molecule has 2 aromatic carbocycles. The zero-order valence-electron chi connectivity index (χ0n) is 13.5. The van der Waals surface area contributed by atoms with Crippen LogP contribution in [0.2, 0.25) is 5.02 Å². The fourth-order valence-electron chi connectivity index (χ4n) is 2.23. The van der Waals surface area contributed by atoms with Gasteiger partial charge >= 0.3 is 0 Å². The van der Waals surface area contributed by atoms with Gasteiger partial charge in [0.05, 0.1) is 7.11 Å². The van der Waals surface area contributed by atoms with Gasteiger partial charge in [-0.2, -0.15) is 4.98 Å². The third-order valence-electron chi connectivity index (χ3n) is 3.51. The smallest absolute Gasteiger partial charge is 0.236 e. The average Bonchev–Trinajstić information content (AvgIpc) is 3.08. The summed E-state index contributed by atoms with van der Waals surface area (Å²) < 4.78 is 10.3. The molecule has 0 atom stereocenters. The van der Waals surface area contributed by atoms with Gasteiger partial charge in [-0.1, -0.05) is 28.9 Å². The van der Waals surface area contributed by atoms with Crippen LogP contribution in [0.1, 0.15) is 11.5 Å². The minimum atomic E-state index is -0.204. The molecule has 1 aromatic heterocycles. The molecule has 128 valence electrons. The average molecular weight is 358 g/mol. The quantitative estimate of drug-likeness (QED) is 0.732. The Morgan fingerprint density at radius 1 is 1.24 bits per heavy atom. The summed E-state index contributed by atoms with van der Waals surface area (Å²) in [5, 5.41) is 7.33. The first-order valence-corrected chi connectivity index (χ1v) is 8.00. The van der Waals surface area contributed by atoms with Crippen molar-refractivity contribution in [2.45, 2.75) is 13.0 Å². The highest BCUT2D eigenvalue weighted by atomic mass is 35.5. The number of carbonyl (C=O) groups is 1. The van der Waals surface area contributed by atoms with Crippen molar-refractivity contribution in [2.75, 3.05) is 7.11 Å². The third kappa shape index (κ3) is 4.58. The van der Waals surface area contributed by atoms with Crippen LogP contribution in [0.15, 0.2) is 53.1 Å². The molecule has 1 N–H and O–H groups in total. The topological polar surface area (TPSA) is 77.2 Å². The largest absolute Gasteiger partial charge is 0.497 e. The minimum Gasteiger partial charge on any atom is -0.497 e. The Morgan fingerprint density at radius 2 is 2.04 bits per heavy atom. The van der Waals surface area contributed by atoms with Crippen molar-refractivity contribution < 1.29 is 14.1 Å². The lowest BCUT2D eigenvalue weighted by atomic mass is 10.2. The number of benzene rings is 2. The molecule has 3 rings (SSSR count). The maximum Gasteiger partial charge on any atom is 0.236 e. The summed E-state index contributed by atoms with van der Waals surface area (Å²) in [7, 11) is 1.60. The van der Waals surface area contributed by atoms with E-state index >= 15 is 0 Å². The van der Waals surface area contributed by atoms with Gasteiger partial charge in [0.2, 0.25) is 17.6 Å². The number of aromatic nitrogens is 2. The number of halogens is 1. The minimum absolute atomic E-state index is 0.0176. The summed E-state index contributed by atoms with van der Waals surface area (Å²) in [5.41, 5.74) is 1.71. The predicted octanol–water partition coefficient (Wildman–Crippen LogP) is 3.26. The van der Waals surface area contributed by atoms with Crippen LogP contribution in [0, 0.1) is 0 Å². The SMILES string of the molecule is COc1ccc(-c2noc(CC(=O)NCc3cccc(Cl)c3)n2)cc1. The number of methoxy groups -OCH3 is 1. The summed E-state index contributed by atoms with van der Waals surface area (Å²) in [6.45, 7) is 0.388. The van der Waals surface area contributed by atoms with Gasteiger partial charge in [0.15, 0.2) is 0 Å². The predicted molar refractivity (Wildman–Crippen MR) is 93.3 cm³/mol. The molecule has 0 bridgehead atoms. The number of rotatable bonds is 6. The van der Waals surface area contributed by atoms with Gasteiger partial charge in [-0.3, -0.25) is 4.79 Å². The zero-order chi connectivity index (χ0) is 17.6. The lowest BCUT2D eigenvalue weighted by Gasteiger charge is -2.04. The fourth-order valence-corrected chi connectivity index (χ4v) is 2.44. The van der Waals surface area contributed by atoms with Crippen molar-refractivity contribution in [3.63, 3.8) is 0 Å². The highest BCUT2D eigenvalue weighted by Gasteiger charge is 2.12. The number of nitrogens with one attached hydrogen (secondary N) is 1. The molecule has 0 aliphatic rings. The van der Waals surface area contributed by atoms with Crippen LogP contribution in [-0.4, -0.2) is 23.2 Å². The Kier molecular flexibility index (Phi) is 5.30. The third-order valence-corrected chi connectivity index (χ3v) is 3.74. The molecule has 0 saturated carbocycles. The van der Waals surface area contributed by atoms with Gasteiger partial charge in [-0.25, -0.2) is 0 Å². The van der Waals surface area contributed by atoms with Crippen LogP contribution in [0.4, 0.5) is 0 Å². The molecule has 1 amide bonds. The first-order valence-electron chi connectivity index (χ1n) is 7.62. The maximum atomic E-state index is 12.0. The second-order valence-electron chi connectivity index (χ2n) is 5.32. The molecule has 0 radical (unpaired) electrons. The normalized spacial score (nSPS) is 10.5. The van der Waals surface area contributed by atoms with Gasteiger partial charge in [0.1, 0.15) is 12.2 Å². The molecule has 25 heavy (non-hydrogen) atoms. The first-order chi connectivity index (χ1) is 12.1. The first kappa shape index (κ1) is 17.0. The summed E-state index contributed by atoms with van der Waals surface area (Å²) in [6.07, 6.45) is 0.0176. The Morgan fingerprint density at radius 3 is 2.76 bits per heavy atom. The van der Waals surface area contributed by atoms with Gasteiger partial charge in [-0.05, 0) is 42.0 Å². The fraction of sp³-hybridized carbons (Fsp3) is 0.167. The molecular weight excluding hydrogens is 342 g/mol. The van der Waals surface area contributed by atoms with Crippen molar-refractivity contribution in [2.24, 2.45) is 0 Å². The van der Waals surface area contributed by atoms with Crippen LogP contribution in [0.5, 0.6) is 5.75 Å².